The van der Waals surface area contributed by atoms with Gasteiger partial charge in [0.1, 0.15) is 12.4 Å². The number of pyridine rings is 1. The van der Waals surface area contributed by atoms with E-state index in [2.05, 4.69) is 20.6 Å². The number of rotatable bonds is 7. The van der Waals surface area contributed by atoms with E-state index in [1.807, 2.05) is 18.2 Å². The van der Waals surface area contributed by atoms with Gasteiger partial charge < -0.3 is 15.4 Å². The summed E-state index contributed by atoms with van der Waals surface area (Å²) < 4.78 is 31.2. The number of halogens is 2. The number of hydrogen-bond acceptors (Lipinski definition) is 3. The second-order valence-corrected chi connectivity index (χ2v) is 4.92. The Bertz CT molecular complexity index is 665. The van der Waals surface area contributed by atoms with E-state index in [-0.39, 0.29) is 5.75 Å². The maximum absolute atomic E-state index is 13.0. The van der Waals surface area contributed by atoms with E-state index >= 15 is 0 Å². The van der Waals surface area contributed by atoms with Crippen LogP contribution in [0.4, 0.5) is 8.78 Å². The lowest BCUT2D eigenvalue weighted by molar-refractivity contribution is 0.318. The second kappa shape index (κ2) is 9.44. The molecule has 0 unspecified atom stereocenters. The monoisotopic (exact) mass is 334 g/mol. The molecule has 1 heterocycles. The first-order chi connectivity index (χ1) is 11.7. The minimum Gasteiger partial charge on any atom is -0.492 e. The highest BCUT2D eigenvalue weighted by atomic mass is 19.2. The average Bonchev–Trinajstić information content (AvgIpc) is 2.61. The third-order valence-corrected chi connectivity index (χ3v) is 3.18. The lowest BCUT2D eigenvalue weighted by Crippen LogP contribution is -2.40. The predicted octanol–water partition coefficient (Wildman–Crippen LogP) is 2.15. The fourth-order valence-electron chi connectivity index (χ4n) is 1.98. The molecule has 0 atom stereocenters. The Balaban J connectivity index is 1.65. The lowest BCUT2D eigenvalue weighted by Gasteiger charge is -2.12. The molecule has 128 valence electrons. The number of aromatic nitrogens is 1. The maximum atomic E-state index is 13.0. The average molecular weight is 334 g/mol. The molecule has 0 radical (unpaired) electrons. The molecule has 0 spiro atoms. The lowest BCUT2D eigenvalue weighted by atomic mass is 10.3. The van der Waals surface area contributed by atoms with Gasteiger partial charge in [0.2, 0.25) is 0 Å². The summed E-state index contributed by atoms with van der Waals surface area (Å²) in [4.78, 5) is 8.34. The second-order valence-electron chi connectivity index (χ2n) is 4.92. The van der Waals surface area contributed by atoms with Crippen LogP contribution in [0.3, 0.4) is 0 Å². The molecule has 1 aromatic carbocycles. The van der Waals surface area contributed by atoms with Crippen molar-refractivity contribution in [1.29, 1.82) is 0 Å². The molecule has 24 heavy (non-hydrogen) atoms. The Morgan fingerprint density at radius 3 is 2.67 bits per heavy atom. The van der Waals surface area contributed by atoms with E-state index in [4.69, 9.17) is 4.74 Å². The quantitative estimate of drug-likeness (QED) is 0.463. The van der Waals surface area contributed by atoms with E-state index in [0.717, 1.165) is 24.2 Å². The van der Waals surface area contributed by atoms with Gasteiger partial charge in [-0.15, -0.1) is 0 Å². The predicted molar refractivity (Wildman–Crippen MR) is 89.2 cm³/mol. The molecule has 0 aliphatic heterocycles. The SMILES string of the molecule is CN=C(NCCOc1ccc(F)c(F)c1)NCCc1ccccn1. The van der Waals surface area contributed by atoms with Gasteiger partial charge in [-0.3, -0.25) is 9.98 Å². The highest BCUT2D eigenvalue weighted by molar-refractivity contribution is 5.79. The molecule has 7 heteroatoms. The molecular weight excluding hydrogens is 314 g/mol. The van der Waals surface area contributed by atoms with Gasteiger partial charge in [-0.2, -0.15) is 0 Å². The Kier molecular flexibility index (Phi) is 6.94. The molecule has 2 rings (SSSR count). The van der Waals surface area contributed by atoms with Crippen molar-refractivity contribution in [3.05, 3.63) is 59.9 Å². The van der Waals surface area contributed by atoms with Crippen LogP contribution in [0.15, 0.2) is 47.6 Å². The Morgan fingerprint density at radius 2 is 1.96 bits per heavy atom. The molecule has 2 aromatic rings. The topological polar surface area (TPSA) is 58.5 Å². The van der Waals surface area contributed by atoms with Crippen molar-refractivity contribution in [2.75, 3.05) is 26.7 Å². The zero-order valence-electron chi connectivity index (χ0n) is 13.4. The summed E-state index contributed by atoms with van der Waals surface area (Å²) in [5.74, 6) is -0.890. The minimum atomic E-state index is -0.924. The third-order valence-electron chi connectivity index (χ3n) is 3.18. The van der Waals surface area contributed by atoms with Gasteiger partial charge in [0.25, 0.3) is 0 Å². The molecule has 0 bridgehead atoms. The van der Waals surface area contributed by atoms with Gasteiger partial charge in [-0.1, -0.05) is 6.07 Å². The van der Waals surface area contributed by atoms with Crippen molar-refractivity contribution in [2.24, 2.45) is 4.99 Å². The fourth-order valence-corrected chi connectivity index (χ4v) is 1.98. The zero-order valence-corrected chi connectivity index (χ0v) is 13.4. The van der Waals surface area contributed by atoms with Crippen LogP contribution in [-0.4, -0.2) is 37.7 Å². The molecule has 0 aliphatic carbocycles. The largest absolute Gasteiger partial charge is 0.492 e. The summed E-state index contributed by atoms with van der Waals surface area (Å²) in [6.07, 6.45) is 2.55. The molecule has 0 fully saturated rings. The highest BCUT2D eigenvalue weighted by Crippen LogP contribution is 2.14. The van der Waals surface area contributed by atoms with Crippen molar-refractivity contribution in [3.8, 4) is 5.75 Å². The van der Waals surface area contributed by atoms with Crippen LogP contribution < -0.4 is 15.4 Å². The third kappa shape index (κ3) is 5.83. The summed E-state index contributed by atoms with van der Waals surface area (Å²) >= 11 is 0. The highest BCUT2D eigenvalue weighted by Gasteiger charge is 2.03. The molecule has 1 aromatic heterocycles. The number of benzene rings is 1. The van der Waals surface area contributed by atoms with Crippen molar-refractivity contribution in [1.82, 2.24) is 15.6 Å². The molecule has 5 nitrogen and oxygen atoms in total. The van der Waals surface area contributed by atoms with E-state index in [9.17, 15) is 8.78 Å². The van der Waals surface area contributed by atoms with Gasteiger partial charge in [-0.25, -0.2) is 8.78 Å². The molecule has 0 saturated heterocycles. The van der Waals surface area contributed by atoms with Crippen LogP contribution in [-0.2, 0) is 6.42 Å². The molecular formula is C17H20F2N4O. The number of hydrogen-bond donors (Lipinski definition) is 2. The number of aliphatic imine (C=N–C) groups is 1. The van der Waals surface area contributed by atoms with Gasteiger partial charge in [0.05, 0.1) is 6.54 Å². The first kappa shape index (κ1) is 17.7. The van der Waals surface area contributed by atoms with Crippen molar-refractivity contribution in [2.45, 2.75) is 6.42 Å². The summed E-state index contributed by atoms with van der Waals surface area (Å²) in [5, 5.41) is 6.24. The number of guanidine groups is 1. The number of nitrogens with one attached hydrogen (secondary N) is 2. The Hall–Kier alpha value is -2.70. The van der Waals surface area contributed by atoms with Gasteiger partial charge in [0, 0.05) is 38.0 Å². The number of nitrogens with zero attached hydrogens (tertiary/aromatic N) is 2. The standard InChI is InChI=1S/C17H20F2N4O/c1-20-17(22-9-7-13-4-2-3-8-21-13)23-10-11-24-14-5-6-15(18)16(19)12-14/h2-6,8,12H,7,9-11H2,1H3,(H2,20,22,23). The smallest absolute Gasteiger partial charge is 0.191 e. The van der Waals surface area contributed by atoms with Crippen molar-refractivity contribution < 1.29 is 13.5 Å². The van der Waals surface area contributed by atoms with Crippen LogP contribution in [0, 0.1) is 11.6 Å². The van der Waals surface area contributed by atoms with Crippen LogP contribution in [0.25, 0.3) is 0 Å². The van der Waals surface area contributed by atoms with Crippen molar-refractivity contribution >= 4 is 5.96 Å². The maximum Gasteiger partial charge on any atom is 0.191 e. The van der Waals surface area contributed by atoms with Gasteiger partial charge in [-0.05, 0) is 24.3 Å². The van der Waals surface area contributed by atoms with E-state index in [1.165, 1.54) is 6.07 Å². The molecule has 2 N–H and O–H groups in total. The molecule has 0 saturated carbocycles. The number of ether oxygens (including phenoxy) is 1. The Morgan fingerprint density at radius 1 is 1.12 bits per heavy atom. The van der Waals surface area contributed by atoms with E-state index < -0.39 is 11.6 Å². The first-order valence-corrected chi connectivity index (χ1v) is 7.61. The van der Waals surface area contributed by atoms with Crippen LogP contribution in [0.2, 0.25) is 0 Å². The fraction of sp³-hybridized carbons (Fsp3) is 0.294. The van der Waals surface area contributed by atoms with Crippen LogP contribution in [0.5, 0.6) is 5.75 Å². The van der Waals surface area contributed by atoms with E-state index in [0.29, 0.717) is 25.7 Å². The Labute approximate surface area is 139 Å². The minimum absolute atomic E-state index is 0.286. The van der Waals surface area contributed by atoms with Gasteiger partial charge >= 0.3 is 0 Å². The summed E-state index contributed by atoms with van der Waals surface area (Å²) in [5.41, 5.74) is 1.00. The van der Waals surface area contributed by atoms with Crippen molar-refractivity contribution in [3.63, 3.8) is 0 Å². The van der Waals surface area contributed by atoms with Crippen LogP contribution >= 0.6 is 0 Å². The van der Waals surface area contributed by atoms with Crippen LogP contribution in [0.1, 0.15) is 5.69 Å². The first-order valence-electron chi connectivity index (χ1n) is 7.61. The molecule has 0 amide bonds. The summed E-state index contributed by atoms with van der Waals surface area (Å²) in [7, 11) is 1.67. The zero-order chi connectivity index (χ0) is 17.2. The summed E-state index contributed by atoms with van der Waals surface area (Å²) in [6.45, 7) is 1.47. The molecule has 0 aliphatic rings. The van der Waals surface area contributed by atoms with Gasteiger partial charge in [0.15, 0.2) is 17.6 Å². The van der Waals surface area contributed by atoms with E-state index in [1.54, 1.807) is 13.2 Å². The normalized spacial score (nSPS) is 11.2. The summed E-state index contributed by atoms with van der Waals surface area (Å²) in [6, 6.07) is 9.24.